The summed E-state index contributed by atoms with van der Waals surface area (Å²) in [5, 5.41) is 4.20. The highest BCUT2D eigenvalue weighted by Crippen LogP contribution is 2.42. The van der Waals surface area contributed by atoms with Gasteiger partial charge in [-0.2, -0.15) is 4.39 Å². The second-order valence-electron chi connectivity index (χ2n) is 8.25. The molecule has 1 aliphatic rings. The van der Waals surface area contributed by atoms with Crippen molar-refractivity contribution in [1.29, 1.82) is 0 Å². The van der Waals surface area contributed by atoms with Gasteiger partial charge < -0.3 is 9.47 Å². The fourth-order valence-corrected chi connectivity index (χ4v) is 5.28. The first-order valence-electron chi connectivity index (χ1n) is 11.2. The Balaban J connectivity index is 1.37. The average molecular weight is 508 g/mol. The van der Waals surface area contributed by atoms with Crippen LogP contribution >= 0.6 is 22.7 Å². The number of nitrogens with one attached hydrogen (secondary N) is 1. The second-order valence-corrected chi connectivity index (χ2v) is 10.2. The number of esters is 1. The van der Waals surface area contributed by atoms with Crippen LogP contribution in [0.25, 0.3) is 21.6 Å². The lowest BCUT2D eigenvalue weighted by Gasteiger charge is -2.14. The summed E-state index contributed by atoms with van der Waals surface area (Å²) in [4.78, 5) is 26.0. The first-order valence-corrected chi connectivity index (χ1v) is 12.9. The molecule has 178 valence electrons. The summed E-state index contributed by atoms with van der Waals surface area (Å²) in [5.74, 6) is 0.327. The molecule has 1 aliphatic carbocycles. The van der Waals surface area contributed by atoms with Crippen molar-refractivity contribution in [3.05, 3.63) is 82.1 Å². The molecule has 1 unspecified atom stereocenters. The molecule has 5 nitrogen and oxygen atoms in total. The van der Waals surface area contributed by atoms with E-state index in [1.165, 1.54) is 17.4 Å². The van der Waals surface area contributed by atoms with Gasteiger partial charge in [0.05, 0.1) is 16.5 Å². The minimum absolute atomic E-state index is 0.0232. The standard InChI is InChI=1S/C27H22FNO4S2/c1-16(23-7-4-14-34-23)32-27(31)29-22-15-24(28)35-25(22)21-6-3-2-5-20(21)17-10-12-19(13-11-17)33-26(30)18-8-9-18/h2-7,10-16,18H,8-9H2,1H3,(H,29,31). The van der Waals surface area contributed by atoms with Gasteiger partial charge in [0.15, 0.2) is 5.13 Å². The molecule has 1 saturated carbocycles. The SMILES string of the molecule is CC(OC(=O)Nc1cc(F)sc1-c1ccccc1-c1ccc(OC(=O)C2CC2)cc1)c1cccs1. The van der Waals surface area contributed by atoms with E-state index < -0.39 is 17.3 Å². The highest BCUT2D eigenvalue weighted by molar-refractivity contribution is 7.14. The van der Waals surface area contributed by atoms with Crippen LogP contribution in [0.2, 0.25) is 0 Å². The van der Waals surface area contributed by atoms with Gasteiger partial charge in [0, 0.05) is 16.5 Å². The van der Waals surface area contributed by atoms with Crippen molar-refractivity contribution in [2.75, 3.05) is 5.32 Å². The van der Waals surface area contributed by atoms with Crippen molar-refractivity contribution < 1.29 is 23.5 Å². The van der Waals surface area contributed by atoms with Crippen molar-refractivity contribution >= 4 is 40.4 Å². The molecular formula is C27H22FNO4S2. The minimum Gasteiger partial charge on any atom is -0.441 e. The van der Waals surface area contributed by atoms with Crippen LogP contribution < -0.4 is 10.1 Å². The van der Waals surface area contributed by atoms with Gasteiger partial charge in [-0.25, -0.2) is 4.79 Å². The quantitative estimate of drug-likeness (QED) is 0.204. The number of halogens is 1. The van der Waals surface area contributed by atoms with Gasteiger partial charge in [-0.05, 0) is 54.5 Å². The lowest BCUT2D eigenvalue weighted by atomic mass is 9.98. The van der Waals surface area contributed by atoms with Gasteiger partial charge in [0.1, 0.15) is 11.9 Å². The van der Waals surface area contributed by atoms with Crippen LogP contribution in [0.4, 0.5) is 14.9 Å². The molecule has 0 radical (unpaired) electrons. The maximum absolute atomic E-state index is 14.4. The van der Waals surface area contributed by atoms with Gasteiger partial charge in [0.25, 0.3) is 0 Å². The first kappa shape index (κ1) is 23.3. The predicted molar refractivity (Wildman–Crippen MR) is 136 cm³/mol. The Labute approximate surface area is 210 Å². The van der Waals surface area contributed by atoms with Crippen molar-refractivity contribution in [2.24, 2.45) is 5.92 Å². The number of anilines is 1. The summed E-state index contributed by atoms with van der Waals surface area (Å²) >= 11 is 2.45. The van der Waals surface area contributed by atoms with Crippen molar-refractivity contribution in [1.82, 2.24) is 0 Å². The Morgan fingerprint density at radius 2 is 1.77 bits per heavy atom. The summed E-state index contributed by atoms with van der Waals surface area (Å²) in [5.41, 5.74) is 2.85. The molecule has 2 heterocycles. The highest BCUT2D eigenvalue weighted by atomic mass is 32.1. The Hall–Kier alpha value is -3.49. The van der Waals surface area contributed by atoms with E-state index in [1.807, 2.05) is 53.9 Å². The highest BCUT2D eigenvalue weighted by Gasteiger charge is 2.31. The second kappa shape index (κ2) is 10.0. The van der Waals surface area contributed by atoms with Gasteiger partial charge in [-0.3, -0.25) is 10.1 Å². The third kappa shape index (κ3) is 5.44. The Bertz CT molecular complexity index is 1340. The fourth-order valence-electron chi connectivity index (χ4n) is 3.69. The topological polar surface area (TPSA) is 64.6 Å². The maximum atomic E-state index is 14.4. The lowest BCUT2D eigenvalue weighted by Crippen LogP contribution is -2.15. The number of rotatable bonds is 7. The minimum atomic E-state index is -0.649. The molecule has 0 saturated heterocycles. The molecule has 35 heavy (non-hydrogen) atoms. The molecule has 0 spiro atoms. The third-order valence-corrected chi connectivity index (χ3v) is 7.62. The van der Waals surface area contributed by atoms with Crippen molar-refractivity contribution in [3.63, 3.8) is 0 Å². The molecule has 2 aromatic heterocycles. The zero-order chi connectivity index (χ0) is 24.4. The smallest absolute Gasteiger partial charge is 0.412 e. The third-order valence-electron chi connectivity index (χ3n) is 5.63. The molecule has 0 bridgehead atoms. The summed E-state index contributed by atoms with van der Waals surface area (Å²) < 4.78 is 25.3. The van der Waals surface area contributed by atoms with Gasteiger partial charge in [-0.15, -0.1) is 22.7 Å². The van der Waals surface area contributed by atoms with Crippen LogP contribution in [0.3, 0.4) is 0 Å². The Morgan fingerprint density at radius 3 is 2.46 bits per heavy atom. The summed E-state index contributed by atoms with van der Waals surface area (Å²) in [6.45, 7) is 1.79. The zero-order valence-electron chi connectivity index (χ0n) is 18.8. The molecule has 1 atom stereocenters. The van der Waals surface area contributed by atoms with Gasteiger partial charge in [-0.1, -0.05) is 42.5 Å². The molecule has 1 fully saturated rings. The van der Waals surface area contributed by atoms with E-state index >= 15 is 0 Å². The summed E-state index contributed by atoms with van der Waals surface area (Å²) in [7, 11) is 0. The van der Waals surface area contributed by atoms with Crippen molar-refractivity contribution in [3.8, 4) is 27.3 Å². The number of amides is 1. The van der Waals surface area contributed by atoms with Crippen LogP contribution in [0.1, 0.15) is 30.7 Å². The van der Waals surface area contributed by atoms with Crippen LogP contribution in [0, 0.1) is 11.0 Å². The number of hydrogen-bond donors (Lipinski definition) is 1. The zero-order valence-corrected chi connectivity index (χ0v) is 20.5. The predicted octanol–water partition coefficient (Wildman–Crippen LogP) is 7.91. The van der Waals surface area contributed by atoms with E-state index in [2.05, 4.69) is 5.32 Å². The summed E-state index contributed by atoms with van der Waals surface area (Å²) in [6, 6.07) is 19.9. The summed E-state index contributed by atoms with van der Waals surface area (Å²) in [6.07, 6.45) is 0.711. The van der Waals surface area contributed by atoms with E-state index in [-0.39, 0.29) is 11.9 Å². The van der Waals surface area contributed by atoms with Crippen LogP contribution in [-0.4, -0.2) is 12.1 Å². The Kier molecular flexibility index (Phi) is 6.66. The van der Waals surface area contributed by atoms with E-state index in [1.54, 1.807) is 19.1 Å². The largest absolute Gasteiger partial charge is 0.441 e. The molecule has 4 aromatic rings. The number of carbonyl (C=O) groups excluding carboxylic acids is 2. The number of benzene rings is 2. The molecular weight excluding hydrogens is 485 g/mol. The maximum Gasteiger partial charge on any atom is 0.412 e. The molecule has 2 aromatic carbocycles. The van der Waals surface area contributed by atoms with Crippen LogP contribution in [-0.2, 0) is 9.53 Å². The first-order chi connectivity index (χ1) is 17.0. The molecule has 8 heteroatoms. The lowest BCUT2D eigenvalue weighted by molar-refractivity contribution is -0.135. The number of ether oxygens (including phenoxy) is 2. The Morgan fingerprint density at radius 1 is 1.03 bits per heavy atom. The molecule has 5 rings (SSSR count). The molecule has 0 aliphatic heterocycles. The fraction of sp³-hybridized carbons (Fsp3) is 0.185. The van der Waals surface area contributed by atoms with Gasteiger partial charge >= 0.3 is 12.1 Å². The molecule has 1 N–H and O–H groups in total. The number of carbonyl (C=O) groups is 2. The normalized spacial score (nSPS) is 13.8. The van der Waals surface area contributed by atoms with E-state index in [0.717, 1.165) is 45.7 Å². The van der Waals surface area contributed by atoms with Crippen LogP contribution in [0.5, 0.6) is 5.75 Å². The van der Waals surface area contributed by atoms with E-state index in [4.69, 9.17) is 9.47 Å². The van der Waals surface area contributed by atoms with Crippen LogP contribution in [0.15, 0.2) is 72.1 Å². The van der Waals surface area contributed by atoms with E-state index in [0.29, 0.717) is 16.3 Å². The molecule has 1 amide bonds. The van der Waals surface area contributed by atoms with Gasteiger partial charge in [0.2, 0.25) is 0 Å². The van der Waals surface area contributed by atoms with Crippen molar-refractivity contribution in [2.45, 2.75) is 25.9 Å². The van der Waals surface area contributed by atoms with E-state index in [9.17, 15) is 14.0 Å². The number of hydrogen-bond acceptors (Lipinski definition) is 6. The number of thiophene rings is 2. The monoisotopic (exact) mass is 507 g/mol. The average Bonchev–Trinajstić information content (AvgIpc) is 3.43.